The first-order chi connectivity index (χ1) is 13.9. The van der Waals surface area contributed by atoms with Gasteiger partial charge in [0.2, 0.25) is 15.3 Å². The smallest absolute Gasteiger partial charge is 0.245 e. The molecule has 0 aromatic heterocycles. The SMILES string of the molecule is O=C(Cl)C=Cc1cccc(S(=O)(=O)NC(Cc2ccccc2)c2ccccc2)c1. The summed E-state index contributed by atoms with van der Waals surface area (Å²) in [5.74, 6) is 0. The van der Waals surface area contributed by atoms with Crippen molar-refractivity contribution in [2.24, 2.45) is 0 Å². The molecular weight excluding hydrogens is 406 g/mol. The highest BCUT2D eigenvalue weighted by Gasteiger charge is 2.22. The van der Waals surface area contributed by atoms with E-state index in [-0.39, 0.29) is 4.90 Å². The lowest BCUT2D eigenvalue weighted by atomic mass is 10.00. The molecule has 4 nitrogen and oxygen atoms in total. The van der Waals surface area contributed by atoms with Crippen molar-refractivity contribution in [1.82, 2.24) is 4.72 Å². The molecule has 0 saturated heterocycles. The lowest BCUT2D eigenvalue weighted by molar-refractivity contribution is -0.107. The Morgan fingerprint density at radius 1 is 0.931 bits per heavy atom. The van der Waals surface area contributed by atoms with Gasteiger partial charge >= 0.3 is 0 Å². The van der Waals surface area contributed by atoms with Crippen LogP contribution in [0, 0.1) is 0 Å². The number of carbonyl (C=O) groups is 1. The second-order valence-corrected chi connectivity index (χ2v) is 8.57. The van der Waals surface area contributed by atoms with Gasteiger partial charge in [0, 0.05) is 0 Å². The molecule has 3 aromatic rings. The van der Waals surface area contributed by atoms with Crippen molar-refractivity contribution >= 4 is 32.9 Å². The monoisotopic (exact) mass is 425 g/mol. The number of halogens is 1. The van der Waals surface area contributed by atoms with E-state index in [0.29, 0.717) is 12.0 Å². The van der Waals surface area contributed by atoms with E-state index in [0.717, 1.165) is 11.1 Å². The van der Waals surface area contributed by atoms with Crippen LogP contribution in [0.5, 0.6) is 0 Å². The van der Waals surface area contributed by atoms with Gasteiger partial charge < -0.3 is 0 Å². The predicted molar refractivity (Wildman–Crippen MR) is 116 cm³/mol. The van der Waals surface area contributed by atoms with Gasteiger partial charge in [-0.05, 0) is 52.9 Å². The number of sulfonamides is 1. The third kappa shape index (κ3) is 6.12. The van der Waals surface area contributed by atoms with E-state index in [2.05, 4.69) is 4.72 Å². The van der Waals surface area contributed by atoms with E-state index in [1.54, 1.807) is 12.1 Å². The normalized spacial score (nSPS) is 12.7. The zero-order valence-corrected chi connectivity index (χ0v) is 17.1. The van der Waals surface area contributed by atoms with Crippen molar-refractivity contribution in [1.29, 1.82) is 0 Å². The van der Waals surface area contributed by atoms with Crippen molar-refractivity contribution in [2.45, 2.75) is 17.4 Å². The van der Waals surface area contributed by atoms with E-state index in [1.165, 1.54) is 24.3 Å². The quantitative estimate of drug-likeness (QED) is 0.419. The van der Waals surface area contributed by atoms with Gasteiger partial charge in [-0.15, -0.1) is 0 Å². The lowest BCUT2D eigenvalue weighted by Crippen LogP contribution is -2.30. The summed E-state index contributed by atoms with van der Waals surface area (Å²) in [5.41, 5.74) is 2.48. The first kappa shape index (κ1) is 21.0. The summed E-state index contributed by atoms with van der Waals surface area (Å²) in [6, 6.07) is 25.1. The minimum atomic E-state index is -3.79. The summed E-state index contributed by atoms with van der Waals surface area (Å²) in [4.78, 5) is 11.0. The van der Waals surface area contributed by atoms with Gasteiger partial charge in [-0.25, -0.2) is 13.1 Å². The van der Waals surface area contributed by atoms with Gasteiger partial charge in [0.25, 0.3) is 0 Å². The molecule has 0 fully saturated rings. The van der Waals surface area contributed by atoms with Gasteiger partial charge in [-0.3, -0.25) is 4.79 Å². The molecule has 0 bridgehead atoms. The molecule has 1 atom stereocenters. The Morgan fingerprint density at radius 2 is 1.59 bits per heavy atom. The zero-order chi connectivity index (χ0) is 20.7. The molecule has 0 aliphatic carbocycles. The van der Waals surface area contributed by atoms with Crippen molar-refractivity contribution in [2.75, 3.05) is 0 Å². The van der Waals surface area contributed by atoms with Crippen LogP contribution in [-0.2, 0) is 21.2 Å². The Labute approximate surface area is 175 Å². The van der Waals surface area contributed by atoms with Crippen LogP contribution in [-0.4, -0.2) is 13.7 Å². The zero-order valence-electron chi connectivity index (χ0n) is 15.5. The summed E-state index contributed by atoms with van der Waals surface area (Å²) < 4.78 is 29.0. The van der Waals surface area contributed by atoms with Gasteiger partial charge in [0.15, 0.2) is 0 Å². The molecule has 3 aromatic carbocycles. The molecule has 0 saturated carbocycles. The molecule has 1 N–H and O–H groups in total. The molecule has 6 heteroatoms. The summed E-state index contributed by atoms with van der Waals surface area (Å²) in [6.07, 6.45) is 3.18. The Balaban J connectivity index is 1.90. The van der Waals surface area contributed by atoms with Gasteiger partial charge in [-0.2, -0.15) is 0 Å². The largest absolute Gasteiger partial charge is 0.276 e. The Kier molecular flexibility index (Phi) is 6.99. The number of rotatable bonds is 8. The third-order valence-corrected chi connectivity index (χ3v) is 5.95. The van der Waals surface area contributed by atoms with Crippen LogP contribution in [0.3, 0.4) is 0 Å². The van der Waals surface area contributed by atoms with E-state index >= 15 is 0 Å². The first-order valence-corrected chi connectivity index (χ1v) is 10.9. The van der Waals surface area contributed by atoms with Crippen LogP contribution in [0.4, 0.5) is 0 Å². The molecule has 1 unspecified atom stereocenters. The van der Waals surface area contributed by atoms with Crippen LogP contribution in [0.25, 0.3) is 6.08 Å². The predicted octanol–water partition coefficient (Wildman–Crippen LogP) is 4.73. The van der Waals surface area contributed by atoms with Crippen LogP contribution in [0.15, 0.2) is 95.9 Å². The summed E-state index contributed by atoms with van der Waals surface area (Å²) in [5, 5.41) is -0.622. The fourth-order valence-corrected chi connectivity index (χ4v) is 4.31. The molecule has 0 aliphatic heterocycles. The maximum Gasteiger partial charge on any atom is 0.245 e. The molecule has 3 rings (SSSR count). The molecule has 0 heterocycles. The number of benzene rings is 3. The Hall–Kier alpha value is -2.73. The van der Waals surface area contributed by atoms with Gasteiger partial charge in [0.05, 0.1) is 10.9 Å². The molecular formula is C23H20ClNO3S. The van der Waals surface area contributed by atoms with E-state index in [9.17, 15) is 13.2 Å². The van der Waals surface area contributed by atoms with Crippen LogP contribution in [0.2, 0.25) is 0 Å². The minimum absolute atomic E-state index is 0.121. The molecule has 0 aliphatic rings. The van der Waals surface area contributed by atoms with E-state index < -0.39 is 21.3 Å². The number of nitrogens with one attached hydrogen (secondary N) is 1. The molecule has 29 heavy (non-hydrogen) atoms. The first-order valence-electron chi connectivity index (χ1n) is 9.03. The number of allylic oxidation sites excluding steroid dienone is 1. The Bertz CT molecular complexity index is 1100. The van der Waals surface area contributed by atoms with Crippen molar-refractivity contribution in [3.8, 4) is 0 Å². The van der Waals surface area contributed by atoms with Gasteiger partial charge in [0.1, 0.15) is 0 Å². The summed E-state index contributed by atoms with van der Waals surface area (Å²) in [6.45, 7) is 0. The standard InChI is InChI=1S/C23H20ClNO3S/c24-23(26)15-14-19-10-7-13-21(16-19)29(27,28)25-22(20-11-5-2-6-12-20)17-18-8-3-1-4-9-18/h1-16,22,25H,17H2. The topological polar surface area (TPSA) is 63.2 Å². The van der Waals surface area contributed by atoms with Crippen LogP contribution < -0.4 is 4.72 Å². The highest BCUT2D eigenvalue weighted by molar-refractivity contribution is 7.89. The Morgan fingerprint density at radius 3 is 2.24 bits per heavy atom. The van der Waals surface area contributed by atoms with Gasteiger partial charge in [-0.1, -0.05) is 78.9 Å². The second-order valence-electron chi connectivity index (χ2n) is 6.48. The number of hydrogen-bond donors (Lipinski definition) is 1. The number of hydrogen-bond acceptors (Lipinski definition) is 3. The summed E-state index contributed by atoms with van der Waals surface area (Å²) >= 11 is 5.31. The fraction of sp³-hybridized carbons (Fsp3) is 0.0870. The maximum atomic E-state index is 13.1. The van der Waals surface area contributed by atoms with Crippen molar-refractivity contribution in [3.05, 3.63) is 108 Å². The van der Waals surface area contributed by atoms with Crippen molar-refractivity contribution < 1.29 is 13.2 Å². The third-order valence-electron chi connectivity index (χ3n) is 4.36. The average molecular weight is 426 g/mol. The van der Waals surface area contributed by atoms with E-state index in [4.69, 9.17) is 11.6 Å². The van der Waals surface area contributed by atoms with Crippen molar-refractivity contribution in [3.63, 3.8) is 0 Å². The van der Waals surface area contributed by atoms with E-state index in [1.807, 2.05) is 60.7 Å². The highest BCUT2D eigenvalue weighted by atomic mass is 35.5. The van der Waals surface area contributed by atoms with Crippen LogP contribution in [0.1, 0.15) is 22.7 Å². The average Bonchev–Trinajstić information content (AvgIpc) is 2.73. The fourth-order valence-electron chi connectivity index (χ4n) is 2.97. The minimum Gasteiger partial charge on any atom is -0.276 e. The number of carbonyl (C=O) groups excluding carboxylic acids is 1. The summed E-state index contributed by atoms with van der Waals surface area (Å²) in [7, 11) is -3.79. The van der Waals surface area contributed by atoms with Crippen LogP contribution >= 0.6 is 11.6 Å². The second kappa shape index (κ2) is 9.65. The molecule has 148 valence electrons. The molecule has 0 amide bonds. The maximum absolute atomic E-state index is 13.1. The molecule has 0 radical (unpaired) electrons. The lowest BCUT2D eigenvalue weighted by Gasteiger charge is -2.20. The highest BCUT2D eigenvalue weighted by Crippen LogP contribution is 2.22. The molecule has 0 spiro atoms.